The first kappa shape index (κ1) is 20.6. The van der Waals surface area contributed by atoms with Crippen molar-refractivity contribution in [3.8, 4) is 0 Å². The van der Waals surface area contributed by atoms with Crippen molar-refractivity contribution in [2.75, 3.05) is 11.4 Å². The second-order valence-corrected chi connectivity index (χ2v) is 9.53. The SMILES string of the molecule is CCN1C(=O)c2ccccc2[S@](=O)c2ccc(C(=O)N[C@H]3CCCc4ccccc43)cc21. The number of fused-ring (bicyclic) bond motifs is 3. The highest BCUT2D eigenvalue weighted by Crippen LogP contribution is 2.35. The second kappa shape index (κ2) is 8.36. The van der Waals surface area contributed by atoms with Crippen LogP contribution in [0.5, 0.6) is 0 Å². The largest absolute Gasteiger partial charge is 0.345 e. The van der Waals surface area contributed by atoms with E-state index in [0.717, 1.165) is 19.3 Å². The first-order valence-electron chi connectivity index (χ1n) is 10.9. The van der Waals surface area contributed by atoms with Gasteiger partial charge in [0.25, 0.3) is 11.8 Å². The first-order valence-corrected chi connectivity index (χ1v) is 12.1. The Morgan fingerprint density at radius 3 is 2.69 bits per heavy atom. The van der Waals surface area contributed by atoms with Crippen molar-refractivity contribution in [3.05, 3.63) is 89.0 Å². The van der Waals surface area contributed by atoms with Gasteiger partial charge in [0.15, 0.2) is 0 Å². The van der Waals surface area contributed by atoms with Gasteiger partial charge < -0.3 is 10.2 Å². The molecule has 2 amide bonds. The molecule has 162 valence electrons. The fourth-order valence-electron chi connectivity index (χ4n) is 4.66. The van der Waals surface area contributed by atoms with Crippen molar-refractivity contribution in [2.24, 2.45) is 0 Å². The zero-order chi connectivity index (χ0) is 22.2. The van der Waals surface area contributed by atoms with Crippen molar-refractivity contribution in [1.82, 2.24) is 5.32 Å². The lowest BCUT2D eigenvalue weighted by atomic mass is 9.87. The van der Waals surface area contributed by atoms with Crippen molar-refractivity contribution in [3.63, 3.8) is 0 Å². The smallest absolute Gasteiger partial charge is 0.259 e. The molecular weight excluding hydrogens is 420 g/mol. The van der Waals surface area contributed by atoms with E-state index in [1.165, 1.54) is 11.1 Å². The average Bonchev–Trinajstić information content (AvgIpc) is 2.92. The average molecular weight is 445 g/mol. The normalized spacial score (nSPS) is 19.4. The van der Waals surface area contributed by atoms with E-state index in [0.29, 0.717) is 33.2 Å². The van der Waals surface area contributed by atoms with Gasteiger partial charge in [-0.15, -0.1) is 0 Å². The van der Waals surface area contributed by atoms with Crippen LogP contribution in [-0.2, 0) is 17.2 Å². The molecule has 3 aromatic rings. The second-order valence-electron chi connectivity index (χ2n) is 8.11. The van der Waals surface area contributed by atoms with Crippen molar-refractivity contribution in [2.45, 2.75) is 42.0 Å². The summed E-state index contributed by atoms with van der Waals surface area (Å²) in [5.41, 5.74) is 3.88. The minimum atomic E-state index is -1.50. The molecule has 0 radical (unpaired) electrons. The van der Waals surface area contributed by atoms with E-state index in [2.05, 4.69) is 17.4 Å². The molecule has 0 spiro atoms. The molecule has 2 atom stereocenters. The van der Waals surface area contributed by atoms with Gasteiger partial charge in [-0.25, -0.2) is 4.21 Å². The molecule has 1 N–H and O–H groups in total. The lowest BCUT2D eigenvalue weighted by Crippen LogP contribution is -2.32. The van der Waals surface area contributed by atoms with Crippen LogP contribution in [0.25, 0.3) is 0 Å². The lowest BCUT2D eigenvalue weighted by molar-refractivity contribution is 0.0930. The van der Waals surface area contributed by atoms with E-state index in [1.807, 2.05) is 19.1 Å². The summed E-state index contributed by atoms with van der Waals surface area (Å²) in [5.74, 6) is -0.389. The third-order valence-corrected chi connectivity index (χ3v) is 7.77. The summed E-state index contributed by atoms with van der Waals surface area (Å²) in [6.45, 7) is 2.29. The van der Waals surface area contributed by atoms with Crippen LogP contribution >= 0.6 is 0 Å². The van der Waals surface area contributed by atoms with Gasteiger partial charge in [0, 0.05) is 12.1 Å². The highest BCUT2D eigenvalue weighted by molar-refractivity contribution is 7.85. The van der Waals surface area contributed by atoms with Crippen LogP contribution in [0.1, 0.15) is 57.7 Å². The number of hydrogen-bond donors (Lipinski definition) is 1. The summed E-state index contributed by atoms with van der Waals surface area (Å²) in [5, 5.41) is 3.17. The van der Waals surface area contributed by atoms with E-state index in [4.69, 9.17) is 0 Å². The molecule has 3 aromatic carbocycles. The van der Waals surface area contributed by atoms with Gasteiger partial charge in [-0.05, 0) is 67.6 Å². The van der Waals surface area contributed by atoms with Crippen LogP contribution in [0, 0.1) is 0 Å². The third-order valence-electron chi connectivity index (χ3n) is 6.26. The maximum atomic E-state index is 13.3. The van der Waals surface area contributed by atoms with Crippen LogP contribution in [-0.4, -0.2) is 22.6 Å². The number of amides is 2. The fourth-order valence-corrected chi connectivity index (χ4v) is 6.01. The molecule has 5 rings (SSSR count). The molecule has 6 heteroatoms. The van der Waals surface area contributed by atoms with Gasteiger partial charge in [0.05, 0.1) is 37.9 Å². The Balaban J connectivity index is 1.50. The summed E-state index contributed by atoms with van der Waals surface area (Å²) in [6, 6.07) is 20.3. The van der Waals surface area contributed by atoms with Crippen molar-refractivity contribution in [1.29, 1.82) is 0 Å². The Morgan fingerprint density at radius 1 is 1.06 bits per heavy atom. The summed E-state index contributed by atoms with van der Waals surface area (Å²) >= 11 is 0. The Bertz CT molecular complexity index is 1250. The fraction of sp³-hybridized carbons (Fsp3) is 0.231. The molecule has 0 saturated carbocycles. The molecule has 1 aliphatic heterocycles. The van der Waals surface area contributed by atoms with E-state index in [9.17, 15) is 13.8 Å². The highest BCUT2D eigenvalue weighted by Gasteiger charge is 2.31. The van der Waals surface area contributed by atoms with E-state index in [1.54, 1.807) is 47.4 Å². The van der Waals surface area contributed by atoms with Crippen molar-refractivity contribution >= 4 is 28.3 Å². The number of benzene rings is 3. The topological polar surface area (TPSA) is 66.5 Å². The van der Waals surface area contributed by atoms with E-state index < -0.39 is 10.8 Å². The lowest BCUT2D eigenvalue weighted by Gasteiger charge is -2.27. The number of anilines is 1. The van der Waals surface area contributed by atoms with Gasteiger partial charge in [0.2, 0.25) is 0 Å². The standard InChI is InChI=1S/C26H24N2O3S/c1-2-28-22-16-18(25(29)27-21-12-7-9-17-8-3-4-10-19(17)21)14-15-24(22)32(31)23-13-6-5-11-20(23)26(28)30/h3-6,8,10-11,13-16,21H,2,7,9,12H2,1H3,(H,27,29)/t21-,32-/m0/s1. The van der Waals surface area contributed by atoms with Crippen LogP contribution in [0.15, 0.2) is 76.5 Å². The molecule has 2 aliphatic rings. The summed E-state index contributed by atoms with van der Waals surface area (Å²) in [7, 11) is -1.50. The minimum Gasteiger partial charge on any atom is -0.345 e. The number of hydrogen-bond acceptors (Lipinski definition) is 3. The predicted molar refractivity (Wildman–Crippen MR) is 124 cm³/mol. The summed E-state index contributed by atoms with van der Waals surface area (Å²) in [4.78, 5) is 29.0. The van der Waals surface area contributed by atoms with Crippen molar-refractivity contribution < 1.29 is 13.8 Å². The maximum absolute atomic E-state index is 13.3. The molecule has 0 unspecified atom stereocenters. The maximum Gasteiger partial charge on any atom is 0.259 e. The highest BCUT2D eigenvalue weighted by atomic mass is 32.2. The van der Waals surface area contributed by atoms with Crippen LogP contribution in [0.2, 0.25) is 0 Å². The molecule has 0 fully saturated rings. The van der Waals surface area contributed by atoms with Crippen LogP contribution < -0.4 is 10.2 Å². The quantitative estimate of drug-likeness (QED) is 0.640. The number of carbonyl (C=O) groups excluding carboxylic acids is 2. The Hall–Kier alpha value is -3.25. The number of aryl methyl sites for hydroxylation is 1. The molecular formula is C26H24N2O3S. The molecule has 0 saturated heterocycles. The van der Waals surface area contributed by atoms with Gasteiger partial charge in [-0.2, -0.15) is 0 Å². The number of nitrogens with zero attached hydrogens (tertiary/aromatic N) is 1. The van der Waals surface area contributed by atoms with Gasteiger partial charge in [-0.3, -0.25) is 9.59 Å². The zero-order valence-corrected chi connectivity index (χ0v) is 18.7. The molecule has 1 heterocycles. The van der Waals surface area contributed by atoms with E-state index in [-0.39, 0.29) is 17.9 Å². The minimum absolute atomic E-state index is 0.0337. The Labute approximate surface area is 189 Å². The molecule has 0 aromatic heterocycles. The predicted octanol–water partition coefficient (Wildman–Crippen LogP) is 4.64. The van der Waals surface area contributed by atoms with Gasteiger partial charge in [0.1, 0.15) is 0 Å². The monoisotopic (exact) mass is 444 g/mol. The number of carbonyl (C=O) groups is 2. The molecule has 1 aliphatic carbocycles. The Kier molecular flexibility index (Phi) is 5.39. The van der Waals surface area contributed by atoms with E-state index >= 15 is 0 Å². The number of rotatable bonds is 3. The first-order chi connectivity index (χ1) is 15.6. The van der Waals surface area contributed by atoms with Gasteiger partial charge >= 0.3 is 0 Å². The summed E-state index contributed by atoms with van der Waals surface area (Å²) in [6.07, 6.45) is 2.95. The molecule has 32 heavy (non-hydrogen) atoms. The molecule has 0 bridgehead atoms. The number of nitrogens with one attached hydrogen (secondary N) is 1. The third kappa shape index (κ3) is 3.45. The van der Waals surface area contributed by atoms with Gasteiger partial charge in [-0.1, -0.05) is 36.4 Å². The summed E-state index contributed by atoms with van der Waals surface area (Å²) < 4.78 is 13.3. The molecule has 5 nitrogen and oxygen atoms in total. The zero-order valence-electron chi connectivity index (χ0n) is 17.8. The van der Waals surface area contributed by atoms with Crippen LogP contribution in [0.3, 0.4) is 0 Å². The van der Waals surface area contributed by atoms with Crippen LogP contribution in [0.4, 0.5) is 5.69 Å². The Morgan fingerprint density at radius 2 is 1.84 bits per heavy atom.